The molecule has 1 aliphatic carbocycles. The molecular weight excluding hydrogens is 210 g/mol. The summed E-state index contributed by atoms with van der Waals surface area (Å²) in [6, 6.07) is 6.22. The molecule has 3 nitrogen and oxygen atoms in total. The number of nitrogens with one attached hydrogen (secondary N) is 1. The van der Waals surface area contributed by atoms with Crippen LogP contribution in [0.3, 0.4) is 0 Å². The van der Waals surface area contributed by atoms with Gasteiger partial charge < -0.3 is 5.32 Å². The van der Waals surface area contributed by atoms with Crippen LogP contribution in [-0.4, -0.2) is 11.0 Å². The van der Waals surface area contributed by atoms with Gasteiger partial charge in [-0.25, -0.2) is 4.98 Å². The molecule has 0 aromatic carbocycles. The molecule has 2 atom stereocenters. The summed E-state index contributed by atoms with van der Waals surface area (Å²) in [7, 11) is 0. The monoisotopic (exact) mass is 229 g/mol. The minimum Gasteiger partial charge on any atom is -0.367 e. The smallest absolute Gasteiger partial charge is 0.127 e. The molecule has 0 spiro atoms. The summed E-state index contributed by atoms with van der Waals surface area (Å²) >= 11 is 0. The van der Waals surface area contributed by atoms with Gasteiger partial charge in [0.1, 0.15) is 5.82 Å². The van der Waals surface area contributed by atoms with E-state index < -0.39 is 0 Å². The maximum atomic E-state index is 8.84. The lowest BCUT2D eigenvalue weighted by Gasteiger charge is -2.16. The molecule has 0 amide bonds. The maximum Gasteiger partial charge on any atom is 0.127 e. The number of nitriles is 1. The van der Waals surface area contributed by atoms with E-state index in [-0.39, 0.29) is 0 Å². The average molecular weight is 229 g/mol. The van der Waals surface area contributed by atoms with Crippen molar-refractivity contribution in [2.45, 2.75) is 45.1 Å². The van der Waals surface area contributed by atoms with Gasteiger partial charge in [0.2, 0.25) is 0 Å². The van der Waals surface area contributed by atoms with Crippen LogP contribution in [0.15, 0.2) is 18.3 Å². The SMILES string of the molecule is CC1CCCC(Nc2cc(C#N)ccn2)CC1. The van der Waals surface area contributed by atoms with E-state index in [9.17, 15) is 0 Å². The van der Waals surface area contributed by atoms with Crippen LogP contribution in [0.2, 0.25) is 0 Å². The highest BCUT2D eigenvalue weighted by Crippen LogP contribution is 2.24. The van der Waals surface area contributed by atoms with Crippen molar-refractivity contribution in [3.8, 4) is 6.07 Å². The predicted molar refractivity (Wildman–Crippen MR) is 68.6 cm³/mol. The molecule has 3 heteroatoms. The van der Waals surface area contributed by atoms with Crippen LogP contribution in [-0.2, 0) is 0 Å². The Morgan fingerprint density at radius 3 is 3.06 bits per heavy atom. The molecular formula is C14H19N3. The third-order valence-electron chi connectivity index (χ3n) is 3.50. The summed E-state index contributed by atoms with van der Waals surface area (Å²) in [5.74, 6) is 1.68. The van der Waals surface area contributed by atoms with Gasteiger partial charge in [0.05, 0.1) is 11.6 Å². The third kappa shape index (κ3) is 3.45. The van der Waals surface area contributed by atoms with Crippen LogP contribution < -0.4 is 5.32 Å². The summed E-state index contributed by atoms with van der Waals surface area (Å²) in [4.78, 5) is 4.27. The Balaban J connectivity index is 1.97. The Morgan fingerprint density at radius 2 is 2.24 bits per heavy atom. The minimum atomic E-state index is 0.515. The largest absolute Gasteiger partial charge is 0.367 e. The number of anilines is 1. The Labute approximate surface area is 103 Å². The number of rotatable bonds is 2. The van der Waals surface area contributed by atoms with Crippen molar-refractivity contribution in [1.29, 1.82) is 5.26 Å². The Hall–Kier alpha value is -1.56. The first-order chi connectivity index (χ1) is 8.28. The lowest BCUT2D eigenvalue weighted by Crippen LogP contribution is -2.19. The van der Waals surface area contributed by atoms with Crippen LogP contribution in [0.1, 0.15) is 44.6 Å². The summed E-state index contributed by atoms with van der Waals surface area (Å²) in [5, 5.41) is 12.3. The van der Waals surface area contributed by atoms with Gasteiger partial charge in [0.25, 0.3) is 0 Å². The fourth-order valence-electron chi connectivity index (χ4n) is 2.42. The quantitative estimate of drug-likeness (QED) is 0.791. The standard InChI is InChI=1S/C14H19N3/c1-11-3-2-4-13(6-5-11)17-14-9-12(10-15)7-8-16-14/h7-9,11,13H,2-6H2,1H3,(H,16,17). The lowest BCUT2D eigenvalue weighted by atomic mass is 10.0. The molecule has 0 radical (unpaired) electrons. The molecule has 1 aliphatic rings. The van der Waals surface area contributed by atoms with E-state index in [0.29, 0.717) is 11.6 Å². The van der Waals surface area contributed by atoms with Crippen molar-refractivity contribution in [1.82, 2.24) is 4.98 Å². The fraction of sp³-hybridized carbons (Fsp3) is 0.571. The summed E-state index contributed by atoms with van der Waals surface area (Å²) in [5.41, 5.74) is 0.671. The molecule has 1 saturated carbocycles. The zero-order valence-corrected chi connectivity index (χ0v) is 10.3. The molecule has 1 fully saturated rings. The van der Waals surface area contributed by atoms with Crippen molar-refractivity contribution in [2.24, 2.45) is 5.92 Å². The van der Waals surface area contributed by atoms with Gasteiger partial charge in [-0.05, 0) is 37.3 Å². The van der Waals surface area contributed by atoms with Crippen LogP contribution >= 0.6 is 0 Å². The molecule has 1 heterocycles. The van der Waals surface area contributed by atoms with E-state index >= 15 is 0 Å². The molecule has 0 saturated heterocycles. The van der Waals surface area contributed by atoms with Gasteiger partial charge in [-0.15, -0.1) is 0 Å². The minimum absolute atomic E-state index is 0.515. The zero-order valence-electron chi connectivity index (χ0n) is 10.3. The molecule has 1 aromatic heterocycles. The van der Waals surface area contributed by atoms with Gasteiger partial charge in [0.15, 0.2) is 0 Å². The Kier molecular flexibility index (Phi) is 3.98. The predicted octanol–water partition coefficient (Wildman–Crippen LogP) is 3.33. The highest BCUT2D eigenvalue weighted by molar-refractivity contribution is 5.42. The molecule has 0 aliphatic heterocycles. The van der Waals surface area contributed by atoms with E-state index in [1.807, 2.05) is 6.07 Å². The molecule has 2 rings (SSSR count). The van der Waals surface area contributed by atoms with Crippen molar-refractivity contribution in [3.63, 3.8) is 0 Å². The van der Waals surface area contributed by atoms with Gasteiger partial charge in [-0.1, -0.05) is 19.8 Å². The van der Waals surface area contributed by atoms with Crippen LogP contribution in [0, 0.1) is 17.2 Å². The maximum absolute atomic E-state index is 8.84. The second kappa shape index (κ2) is 5.67. The third-order valence-corrected chi connectivity index (χ3v) is 3.50. The van der Waals surface area contributed by atoms with Crippen LogP contribution in [0.5, 0.6) is 0 Å². The Bertz CT molecular complexity index is 408. The van der Waals surface area contributed by atoms with E-state index in [1.165, 1.54) is 32.1 Å². The van der Waals surface area contributed by atoms with Gasteiger partial charge in [-0.3, -0.25) is 0 Å². The Morgan fingerprint density at radius 1 is 1.35 bits per heavy atom. The van der Waals surface area contributed by atoms with Crippen molar-refractivity contribution in [3.05, 3.63) is 23.9 Å². The van der Waals surface area contributed by atoms with Crippen molar-refractivity contribution < 1.29 is 0 Å². The first kappa shape index (κ1) is 11.9. The van der Waals surface area contributed by atoms with E-state index in [4.69, 9.17) is 5.26 Å². The summed E-state index contributed by atoms with van der Waals surface area (Å²) < 4.78 is 0. The van der Waals surface area contributed by atoms with Gasteiger partial charge in [-0.2, -0.15) is 5.26 Å². The number of hydrogen-bond acceptors (Lipinski definition) is 3. The first-order valence-electron chi connectivity index (χ1n) is 6.40. The van der Waals surface area contributed by atoms with E-state index in [1.54, 1.807) is 12.3 Å². The highest BCUT2D eigenvalue weighted by Gasteiger charge is 2.16. The second-order valence-electron chi connectivity index (χ2n) is 5.00. The summed E-state index contributed by atoms with van der Waals surface area (Å²) in [6.07, 6.45) is 8.03. The van der Waals surface area contributed by atoms with Crippen molar-refractivity contribution in [2.75, 3.05) is 5.32 Å². The van der Waals surface area contributed by atoms with Gasteiger partial charge in [0, 0.05) is 12.2 Å². The second-order valence-corrected chi connectivity index (χ2v) is 5.00. The van der Waals surface area contributed by atoms with Crippen molar-refractivity contribution >= 4 is 5.82 Å². The molecule has 17 heavy (non-hydrogen) atoms. The molecule has 90 valence electrons. The molecule has 0 bridgehead atoms. The topological polar surface area (TPSA) is 48.7 Å². The zero-order chi connectivity index (χ0) is 12.1. The summed E-state index contributed by atoms with van der Waals surface area (Å²) in [6.45, 7) is 2.33. The van der Waals surface area contributed by atoms with Crippen LogP contribution in [0.25, 0.3) is 0 Å². The van der Waals surface area contributed by atoms with E-state index in [0.717, 1.165) is 11.7 Å². The number of pyridine rings is 1. The van der Waals surface area contributed by atoms with Gasteiger partial charge >= 0.3 is 0 Å². The molecule has 1 N–H and O–H groups in total. The van der Waals surface area contributed by atoms with E-state index in [2.05, 4.69) is 23.3 Å². The highest BCUT2D eigenvalue weighted by atomic mass is 15.0. The molecule has 1 aromatic rings. The first-order valence-corrected chi connectivity index (χ1v) is 6.40. The number of nitrogens with zero attached hydrogens (tertiary/aromatic N) is 2. The fourth-order valence-corrected chi connectivity index (χ4v) is 2.42. The molecule has 2 unspecified atom stereocenters. The number of hydrogen-bond donors (Lipinski definition) is 1. The number of aromatic nitrogens is 1. The van der Waals surface area contributed by atoms with Crippen LogP contribution in [0.4, 0.5) is 5.82 Å². The lowest BCUT2D eigenvalue weighted by molar-refractivity contribution is 0.502. The average Bonchev–Trinajstić information content (AvgIpc) is 2.55. The normalized spacial score (nSPS) is 24.7.